The van der Waals surface area contributed by atoms with Crippen molar-refractivity contribution in [1.29, 1.82) is 0 Å². The van der Waals surface area contributed by atoms with E-state index in [0.717, 1.165) is 12.1 Å². The van der Waals surface area contributed by atoms with E-state index in [0.29, 0.717) is 11.5 Å². The Bertz CT molecular complexity index is 962. The van der Waals surface area contributed by atoms with Gasteiger partial charge in [0.1, 0.15) is 11.5 Å². The van der Waals surface area contributed by atoms with Crippen molar-refractivity contribution in [2.45, 2.75) is 6.18 Å². The van der Waals surface area contributed by atoms with Gasteiger partial charge in [-0.05, 0) is 36.4 Å². The number of alkyl halides is 3. The summed E-state index contributed by atoms with van der Waals surface area (Å²) < 4.78 is 53.4. The van der Waals surface area contributed by atoms with Gasteiger partial charge in [-0.2, -0.15) is 13.2 Å². The van der Waals surface area contributed by atoms with Gasteiger partial charge in [-0.1, -0.05) is 5.10 Å². The summed E-state index contributed by atoms with van der Waals surface area (Å²) in [5.41, 5.74) is -0.286. The van der Waals surface area contributed by atoms with Crippen molar-refractivity contribution >= 4 is 11.9 Å². The quantitative estimate of drug-likeness (QED) is 0.705. The first kappa shape index (κ1) is 19.2. The van der Waals surface area contributed by atoms with Crippen molar-refractivity contribution in [2.75, 3.05) is 19.5 Å². The zero-order valence-corrected chi connectivity index (χ0v) is 14.7. The van der Waals surface area contributed by atoms with E-state index in [4.69, 9.17) is 13.9 Å². The standard InChI is InChI=1S/C18H14F3N3O4/c1-26-13-7-11(8-14(9-13)27-2)15(25)22-17-24-23-16(28-17)10-3-5-12(6-4-10)18(19,20)21/h3-9H,1-2H3,(H,22,24,25). The van der Waals surface area contributed by atoms with Crippen LogP contribution in [0.4, 0.5) is 19.2 Å². The molecule has 1 heterocycles. The van der Waals surface area contributed by atoms with Gasteiger partial charge in [0.15, 0.2) is 0 Å². The van der Waals surface area contributed by atoms with Crippen LogP contribution < -0.4 is 14.8 Å². The predicted octanol–water partition coefficient (Wildman–Crippen LogP) is 4.02. The molecule has 0 aliphatic heterocycles. The highest BCUT2D eigenvalue weighted by molar-refractivity contribution is 6.03. The molecule has 0 bridgehead atoms. The van der Waals surface area contributed by atoms with E-state index in [2.05, 4.69) is 15.5 Å². The first-order valence-corrected chi connectivity index (χ1v) is 7.85. The molecule has 1 aromatic heterocycles. The molecule has 0 atom stereocenters. The van der Waals surface area contributed by atoms with Crippen LogP contribution in [-0.2, 0) is 6.18 Å². The number of anilines is 1. The van der Waals surface area contributed by atoms with Crippen LogP contribution in [0.2, 0.25) is 0 Å². The second-order valence-corrected chi connectivity index (χ2v) is 5.54. The molecule has 0 radical (unpaired) electrons. The van der Waals surface area contributed by atoms with Gasteiger partial charge < -0.3 is 13.9 Å². The van der Waals surface area contributed by atoms with Gasteiger partial charge in [-0.3, -0.25) is 10.1 Å². The molecule has 2 aromatic carbocycles. The number of amides is 1. The highest BCUT2D eigenvalue weighted by Crippen LogP contribution is 2.31. The fourth-order valence-electron chi connectivity index (χ4n) is 2.30. The molecule has 28 heavy (non-hydrogen) atoms. The zero-order valence-electron chi connectivity index (χ0n) is 14.7. The molecule has 1 amide bonds. The van der Waals surface area contributed by atoms with Gasteiger partial charge >= 0.3 is 12.2 Å². The minimum Gasteiger partial charge on any atom is -0.497 e. The number of halogens is 3. The third-order valence-corrected chi connectivity index (χ3v) is 3.72. The molecule has 0 saturated heterocycles. The minimum atomic E-state index is -4.44. The van der Waals surface area contributed by atoms with Crippen LogP contribution in [0.5, 0.6) is 11.5 Å². The molecule has 1 N–H and O–H groups in total. The summed E-state index contributed by atoms with van der Waals surface area (Å²) in [6.07, 6.45) is -4.44. The van der Waals surface area contributed by atoms with E-state index >= 15 is 0 Å². The Labute approximate surface area is 157 Å². The number of nitrogens with one attached hydrogen (secondary N) is 1. The Balaban J connectivity index is 1.77. The third kappa shape index (κ3) is 4.22. The Hall–Kier alpha value is -3.56. The first-order chi connectivity index (χ1) is 13.3. The van der Waals surface area contributed by atoms with Crippen LogP contribution in [0.3, 0.4) is 0 Å². The number of hydrogen-bond acceptors (Lipinski definition) is 6. The molecule has 146 valence electrons. The van der Waals surface area contributed by atoms with E-state index < -0.39 is 17.6 Å². The van der Waals surface area contributed by atoms with E-state index in [-0.39, 0.29) is 23.0 Å². The van der Waals surface area contributed by atoms with Crippen molar-refractivity contribution in [3.05, 3.63) is 53.6 Å². The summed E-state index contributed by atoms with van der Waals surface area (Å²) in [5, 5.41) is 9.83. The molecule has 0 aliphatic rings. The van der Waals surface area contributed by atoms with Crippen molar-refractivity contribution in [3.63, 3.8) is 0 Å². The summed E-state index contributed by atoms with van der Waals surface area (Å²) in [6, 6.07) is 8.59. The number of carbonyl (C=O) groups is 1. The Morgan fingerprint density at radius 3 is 2.14 bits per heavy atom. The maximum atomic E-state index is 12.6. The van der Waals surface area contributed by atoms with E-state index in [9.17, 15) is 18.0 Å². The normalized spacial score (nSPS) is 11.2. The summed E-state index contributed by atoms with van der Waals surface area (Å²) in [6.45, 7) is 0. The average Bonchev–Trinajstić information content (AvgIpc) is 3.15. The van der Waals surface area contributed by atoms with Gasteiger partial charge in [0.05, 0.1) is 19.8 Å². The number of nitrogens with zero attached hydrogens (tertiary/aromatic N) is 2. The molecule has 10 heteroatoms. The second-order valence-electron chi connectivity index (χ2n) is 5.54. The lowest BCUT2D eigenvalue weighted by atomic mass is 10.1. The fraction of sp³-hybridized carbons (Fsp3) is 0.167. The van der Waals surface area contributed by atoms with Gasteiger partial charge in [-0.25, -0.2) is 0 Å². The van der Waals surface area contributed by atoms with Gasteiger partial charge in [-0.15, -0.1) is 5.10 Å². The third-order valence-electron chi connectivity index (χ3n) is 3.72. The van der Waals surface area contributed by atoms with Crippen LogP contribution in [0.15, 0.2) is 46.9 Å². The monoisotopic (exact) mass is 393 g/mol. The van der Waals surface area contributed by atoms with Gasteiger partial charge in [0.2, 0.25) is 5.89 Å². The van der Waals surface area contributed by atoms with Crippen molar-refractivity contribution < 1.29 is 31.9 Å². The maximum Gasteiger partial charge on any atom is 0.416 e. The number of methoxy groups -OCH3 is 2. The molecule has 0 spiro atoms. The van der Waals surface area contributed by atoms with Gasteiger partial charge in [0.25, 0.3) is 5.91 Å². The molecule has 3 rings (SSSR count). The number of ether oxygens (including phenoxy) is 2. The summed E-state index contributed by atoms with van der Waals surface area (Å²) in [5.74, 6) is 0.244. The van der Waals surface area contributed by atoms with E-state index in [1.165, 1.54) is 38.5 Å². The lowest BCUT2D eigenvalue weighted by molar-refractivity contribution is -0.137. The smallest absolute Gasteiger partial charge is 0.416 e. The molecule has 0 aliphatic carbocycles. The lowest BCUT2D eigenvalue weighted by Crippen LogP contribution is -2.12. The highest BCUT2D eigenvalue weighted by Gasteiger charge is 2.30. The Morgan fingerprint density at radius 1 is 1.00 bits per heavy atom. The molecule has 0 fully saturated rings. The fourth-order valence-corrected chi connectivity index (χ4v) is 2.30. The zero-order chi connectivity index (χ0) is 20.3. The van der Waals surface area contributed by atoms with Crippen LogP contribution in [0, 0.1) is 0 Å². The summed E-state index contributed by atoms with van der Waals surface area (Å²) in [7, 11) is 2.90. The second kappa shape index (κ2) is 7.59. The number of carbonyl (C=O) groups excluding carboxylic acids is 1. The SMILES string of the molecule is COc1cc(OC)cc(C(=O)Nc2nnc(-c3ccc(C(F)(F)F)cc3)o2)c1. The van der Waals surface area contributed by atoms with Gasteiger partial charge in [0, 0.05) is 17.2 Å². The van der Waals surface area contributed by atoms with Crippen LogP contribution in [-0.4, -0.2) is 30.3 Å². The number of aromatic nitrogens is 2. The van der Waals surface area contributed by atoms with Crippen molar-refractivity contribution in [3.8, 4) is 23.0 Å². The molecule has 7 nitrogen and oxygen atoms in total. The van der Waals surface area contributed by atoms with E-state index in [1.807, 2.05) is 0 Å². The first-order valence-electron chi connectivity index (χ1n) is 7.85. The highest BCUT2D eigenvalue weighted by atomic mass is 19.4. The van der Waals surface area contributed by atoms with Crippen molar-refractivity contribution in [2.24, 2.45) is 0 Å². The van der Waals surface area contributed by atoms with E-state index in [1.54, 1.807) is 6.07 Å². The molecule has 0 saturated carbocycles. The molecular formula is C18H14F3N3O4. The van der Waals surface area contributed by atoms with Crippen LogP contribution in [0.25, 0.3) is 11.5 Å². The minimum absolute atomic E-state index is 0.0350. The Kier molecular flexibility index (Phi) is 5.21. The van der Waals surface area contributed by atoms with Crippen molar-refractivity contribution in [1.82, 2.24) is 10.2 Å². The predicted molar refractivity (Wildman–Crippen MR) is 92.2 cm³/mol. The maximum absolute atomic E-state index is 12.6. The topological polar surface area (TPSA) is 86.5 Å². The molecular weight excluding hydrogens is 379 g/mol. The number of rotatable bonds is 5. The average molecular weight is 393 g/mol. The summed E-state index contributed by atoms with van der Waals surface area (Å²) >= 11 is 0. The van der Waals surface area contributed by atoms with Crippen LogP contribution in [0.1, 0.15) is 15.9 Å². The van der Waals surface area contributed by atoms with Crippen LogP contribution >= 0.6 is 0 Å². The summed E-state index contributed by atoms with van der Waals surface area (Å²) in [4.78, 5) is 12.4. The number of hydrogen-bond donors (Lipinski definition) is 1. The largest absolute Gasteiger partial charge is 0.497 e. The lowest BCUT2D eigenvalue weighted by Gasteiger charge is -2.07. The molecule has 0 unspecified atom stereocenters. The molecule has 3 aromatic rings. The number of benzene rings is 2. The Morgan fingerprint density at radius 2 is 1.61 bits per heavy atom.